The molecule has 6 heteroatoms. The van der Waals surface area contributed by atoms with Crippen LogP contribution in [0, 0.1) is 0 Å². The first-order chi connectivity index (χ1) is 7.77. The van der Waals surface area contributed by atoms with Crippen molar-refractivity contribution in [3.05, 3.63) is 29.3 Å². The number of methoxy groups -OCH3 is 1. The quantitative estimate of drug-likeness (QED) is 0.862. The molecule has 0 unspecified atom stereocenters. The lowest BCUT2D eigenvalue weighted by Gasteiger charge is -2.19. The lowest BCUT2D eigenvalue weighted by molar-refractivity contribution is -0.137. The van der Waals surface area contributed by atoms with Gasteiger partial charge in [-0.1, -0.05) is 0 Å². The van der Waals surface area contributed by atoms with E-state index in [2.05, 4.69) is 0 Å². The molecule has 17 heavy (non-hydrogen) atoms. The predicted molar refractivity (Wildman–Crippen MR) is 56.6 cm³/mol. The third-order valence-corrected chi connectivity index (χ3v) is 2.37. The zero-order chi connectivity index (χ0) is 13.2. The standard InChI is InChI=1S/C11H14F3NO2/c1-6(15)10(16)8-5-7(11(12,13)14)3-4-9(8)17-2/h3-6,10,16H,15H2,1-2H3/t6-,10-/m1/s1. The highest BCUT2D eigenvalue weighted by molar-refractivity contribution is 5.40. The normalized spacial score (nSPS) is 15.5. The second kappa shape index (κ2) is 4.93. The molecule has 0 aliphatic heterocycles. The molecule has 3 N–H and O–H groups in total. The second-order valence-electron chi connectivity index (χ2n) is 3.76. The van der Waals surface area contributed by atoms with Gasteiger partial charge >= 0.3 is 6.18 Å². The summed E-state index contributed by atoms with van der Waals surface area (Å²) in [5.41, 5.74) is 4.66. The van der Waals surface area contributed by atoms with Gasteiger partial charge in [-0.3, -0.25) is 0 Å². The van der Waals surface area contributed by atoms with Gasteiger partial charge in [-0.2, -0.15) is 13.2 Å². The summed E-state index contributed by atoms with van der Waals surface area (Å²) >= 11 is 0. The van der Waals surface area contributed by atoms with Gasteiger partial charge in [-0.25, -0.2) is 0 Å². The van der Waals surface area contributed by atoms with E-state index in [0.717, 1.165) is 12.1 Å². The van der Waals surface area contributed by atoms with Gasteiger partial charge in [-0.15, -0.1) is 0 Å². The van der Waals surface area contributed by atoms with E-state index in [4.69, 9.17) is 10.5 Å². The highest BCUT2D eigenvalue weighted by Gasteiger charge is 2.32. The number of hydrogen-bond donors (Lipinski definition) is 2. The van der Waals surface area contributed by atoms with Gasteiger partial charge in [0.05, 0.1) is 18.8 Å². The molecule has 0 spiro atoms. The molecule has 0 amide bonds. The average Bonchev–Trinajstić information content (AvgIpc) is 2.25. The molecule has 0 aliphatic rings. The Bertz CT molecular complexity index is 391. The van der Waals surface area contributed by atoms with Gasteiger partial charge in [0.1, 0.15) is 5.75 Å². The molecule has 1 rings (SSSR count). The minimum atomic E-state index is -4.46. The van der Waals surface area contributed by atoms with E-state index in [9.17, 15) is 18.3 Å². The zero-order valence-electron chi connectivity index (χ0n) is 9.45. The van der Waals surface area contributed by atoms with Crippen LogP contribution < -0.4 is 10.5 Å². The first kappa shape index (κ1) is 13.8. The van der Waals surface area contributed by atoms with E-state index in [0.29, 0.717) is 0 Å². The molecule has 96 valence electrons. The molecule has 0 aromatic heterocycles. The van der Waals surface area contributed by atoms with Crippen molar-refractivity contribution in [3.63, 3.8) is 0 Å². The second-order valence-corrected chi connectivity index (χ2v) is 3.76. The molecule has 0 radical (unpaired) electrons. The summed E-state index contributed by atoms with van der Waals surface area (Å²) in [5, 5.41) is 9.73. The maximum atomic E-state index is 12.5. The number of rotatable bonds is 3. The Labute approximate surface area is 97.0 Å². The van der Waals surface area contributed by atoms with Crippen LogP contribution in [0.5, 0.6) is 5.75 Å². The predicted octanol–water partition coefficient (Wildman–Crippen LogP) is 2.09. The van der Waals surface area contributed by atoms with Crippen molar-refractivity contribution in [1.29, 1.82) is 0 Å². The van der Waals surface area contributed by atoms with Crippen molar-refractivity contribution in [2.24, 2.45) is 5.73 Å². The van der Waals surface area contributed by atoms with E-state index in [1.165, 1.54) is 20.1 Å². The molecule has 2 atom stereocenters. The topological polar surface area (TPSA) is 55.5 Å². The molecule has 0 saturated carbocycles. The highest BCUT2D eigenvalue weighted by atomic mass is 19.4. The summed E-state index contributed by atoms with van der Waals surface area (Å²) in [6, 6.07) is 2.24. The Morgan fingerprint density at radius 2 is 1.94 bits per heavy atom. The molecular weight excluding hydrogens is 235 g/mol. The number of halogens is 3. The summed E-state index contributed by atoms with van der Waals surface area (Å²) in [4.78, 5) is 0. The lowest BCUT2D eigenvalue weighted by atomic mass is 10.0. The van der Waals surface area contributed by atoms with Crippen LogP contribution in [0.4, 0.5) is 13.2 Å². The number of benzene rings is 1. The van der Waals surface area contributed by atoms with Crippen LogP contribution in [0.2, 0.25) is 0 Å². The van der Waals surface area contributed by atoms with Crippen LogP contribution in [-0.2, 0) is 6.18 Å². The largest absolute Gasteiger partial charge is 0.496 e. The Hall–Kier alpha value is -1.27. The minimum absolute atomic E-state index is 0.0392. The third-order valence-electron chi connectivity index (χ3n) is 2.37. The number of hydrogen-bond acceptors (Lipinski definition) is 3. The molecule has 0 fully saturated rings. The lowest BCUT2D eigenvalue weighted by Crippen LogP contribution is -2.25. The maximum absolute atomic E-state index is 12.5. The molecule has 1 aromatic rings. The summed E-state index contributed by atoms with van der Waals surface area (Å²) < 4.78 is 42.4. The molecule has 0 saturated heterocycles. The van der Waals surface area contributed by atoms with Gasteiger partial charge in [0.25, 0.3) is 0 Å². The molecule has 0 bridgehead atoms. The third kappa shape index (κ3) is 3.10. The maximum Gasteiger partial charge on any atom is 0.416 e. The van der Waals surface area contributed by atoms with E-state index in [-0.39, 0.29) is 11.3 Å². The SMILES string of the molecule is COc1ccc(C(F)(F)F)cc1[C@H](O)[C@@H](C)N. The number of aliphatic hydroxyl groups excluding tert-OH is 1. The first-order valence-electron chi connectivity index (χ1n) is 4.96. The van der Waals surface area contributed by atoms with Crippen LogP contribution in [0.1, 0.15) is 24.2 Å². The molecule has 0 heterocycles. The summed E-state index contributed by atoms with van der Waals surface area (Å²) in [7, 11) is 1.32. The number of nitrogens with two attached hydrogens (primary N) is 1. The smallest absolute Gasteiger partial charge is 0.416 e. The van der Waals surface area contributed by atoms with E-state index in [1.54, 1.807) is 0 Å². The minimum Gasteiger partial charge on any atom is -0.496 e. The van der Waals surface area contributed by atoms with E-state index in [1.807, 2.05) is 0 Å². The Balaban J connectivity index is 3.25. The van der Waals surface area contributed by atoms with E-state index >= 15 is 0 Å². The summed E-state index contributed by atoms with van der Waals surface area (Å²) in [6.07, 6.45) is -5.66. The van der Waals surface area contributed by atoms with Crippen LogP contribution in [0.15, 0.2) is 18.2 Å². The monoisotopic (exact) mass is 249 g/mol. The van der Waals surface area contributed by atoms with Crippen LogP contribution in [0.25, 0.3) is 0 Å². The van der Waals surface area contributed by atoms with Crippen LogP contribution >= 0.6 is 0 Å². The fourth-order valence-corrected chi connectivity index (χ4v) is 1.43. The number of alkyl halides is 3. The van der Waals surface area contributed by atoms with Gasteiger partial charge < -0.3 is 15.6 Å². The highest BCUT2D eigenvalue weighted by Crippen LogP contribution is 2.35. The summed E-state index contributed by atoms with van der Waals surface area (Å²) in [5.74, 6) is 0.183. The van der Waals surface area contributed by atoms with E-state index < -0.39 is 23.9 Å². The average molecular weight is 249 g/mol. The van der Waals surface area contributed by atoms with Gasteiger partial charge in [0.2, 0.25) is 0 Å². The first-order valence-corrected chi connectivity index (χ1v) is 4.96. The fourth-order valence-electron chi connectivity index (χ4n) is 1.43. The van der Waals surface area contributed by atoms with Crippen molar-refractivity contribution >= 4 is 0 Å². The fraction of sp³-hybridized carbons (Fsp3) is 0.455. The number of aliphatic hydroxyl groups is 1. The van der Waals surface area contributed by atoms with Crippen molar-refractivity contribution in [2.75, 3.05) is 7.11 Å². The summed E-state index contributed by atoms with van der Waals surface area (Å²) in [6.45, 7) is 1.50. The molecular formula is C11H14F3NO2. The Morgan fingerprint density at radius 3 is 2.35 bits per heavy atom. The van der Waals surface area contributed by atoms with Crippen LogP contribution in [-0.4, -0.2) is 18.3 Å². The Morgan fingerprint density at radius 1 is 1.35 bits per heavy atom. The Kier molecular flexibility index (Phi) is 4.00. The molecule has 0 aliphatic carbocycles. The van der Waals surface area contributed by atoms with Crippen molar-refractivity contribution in [2.45, 2.75) is 25.2 Å². The molecule has 1 aromatic carbocycles. The van der Waals surface area contributed by atoms with Crippen molar-refractivity contribution < 1.29 is 23.0 Å². The molecule has 3 nitrogen and oxygen atoms in total. The van der Waals surface area contributed by atoms with Gasteiger partial charge in [0.15, 0.2) is 0 Å². The van der Waals surface area contributed by atoms with Crippen molar-refractivity contribution in [3.8, 4) is 5.75 Å². The number of ether oxygens (including phenoxy) is 1. The zero-order valence-corrected chi connectivity index (χ0v) is 9.45. The van der Waals surface area contributed by atoms with Crippen LogP contribution in [0.3, 0.4) is 0 Å². The van der Waals surface area contributed by atoms with Gasteiger partial charge in [0, 0.05) is 11.6 Å². The van der Waals surface area contributed by atoms with Crippen molar-refractivity contribution in [1.82, 2.24) is 0 Å². The van der Waals surface area contributed by atoms with Gasteiger partial charge in [-0.05, 0) is 25.1 Å².